The number of aliphatic imine (C=N–C) groups is 1. The number of amides is 1. The zero-order chi connectivity index (χ0) is 28.7. The van der Waals surface area contributed by atoms with E-state index in [1.165, 1.54) is 22.3 Å². The highest BCUT2D eigenvalue weighted by Crippen LogP contribution is 2.42. The minimum atomic E-state index is -0.236. The van der Waals surface area contributed by atoms with E-state index >= 15 is 0 Å². The predicted molar refractivity (Wildman–Crippen MR) is 171 cm³/mol. The summed E-state index contributed by atoms with van der Waals surface area (Å²) in [5.41, 5.74) is 4.76. The lowest BCUT2D eigenvalue weighted by molar-refractivity contribution is -0.132. The topological polar surface area (TPSA) is 46.8 Å². The normalized spacial score (nSPS) is 20.3. The van der Waals surface area contributed by atoms with E-state index in [9.17, 15) is 4.79 Å². The summed E-state index contributed by atoms with van der Waals surface area (Å²) in [7, 11) is 0. The number of likely N-dealkylation sites (tertiary alicyclic amines) is 1. The van der Waals surface area contributed by atoms with Gasteiger partial charge in [-0.15, -0.1) is 0 Å². The molecule has 3 aromatic rings. The Bertz CT molecular complexity index is 1310. The zero-order valence-electron chi connectivity index (χ0n) is 24.6. The average Bonchev–Trinajstić information content (AvgIpc) is 3.00. The van der Waals surface area contributed by atoms with E-state index in [1.807, 2.05) is 12.1 Å². The molecule has 4 nitrogen and oxygen atoms in total. The van der Waals surface area contributed by atoms with Crippen LogP contribution in [0, 0.1) is 6.92 Å². The van der Waals surface area contributed by atoms with Gasteiger partial charge in [0, 0.05) is 29.9 Å². The van der Waals surface area contributed by atoms with Gasteiger partial charge in [-0.05, 0) is 86.2 Å². The van der Waals surface area contributed by atoms with Crippen molar-refractivity contribution in [2.24, 2.45) is 4.99 Å². The standard InChI is InChI=1S/C36H43ClN3O/c1-28-11-13-30(14-12-28)17-20-33(41)40-26-23-36(24-27-40,31-9-4-3-5-10-31)34-38-25-22-35(2,39-34)21-7-6-8-29-15-18-32(37)19-16-29/h3-5,9-16,18-19H,6-8,17,20-27H2,1-2H3/q-1. The first-order valence-electron chi connectivity index (χ1n) is 15.3. The number of aryl methyl sites for hydroxylation is 3. The maximum Gasteiger partial charge on any atom is 0.222 e. The minimum Gasteiger partial charge on any atom is -0.468 e. The van der Waals surface area contributed by atoms with Crippen molar-refractivity contribution in [3.05, 3.63) is 111 Å². The second-order valence-electron chi connectivity index (χ2n) is 12.2. The fraction of sp³-hybridized carbons (Fsp3) is 0.444. The van der Waals surface area contributed by atoms with E-state index in [1.54, 1.807) is 0 Å². The van der Waals surface area contributed by atoms with Crippen LogP contribution in [0.1, 0.15) is 74.1 Å². The van der Waals surface area contributed by atoms with Gasteiger partial charge in [0.05, 0.1) is 0 Å². The Hall–Kier alpha value is -3.11. The lowest BCUT2D eigenvalue weighted by Crippen LogP contribution is -2.50. The SMILES string of the molecule is Cc1ccc(CCC(=O)N2CCC(C3=NC(C)(CCCCc4ccc(Cl)cc4)CC[N-]3)(c3ccccc3)CC2)cc1. The van der Waals surface area contributed by atoms with Crippen molar-refractivity contribution in [3.63, 3.8) is 0 Å². The van der Waals surface area contributed by atoms with Gasteiger partial charge < -0.3 is 15.2 Å². The number of carbonyl (C=O) groups is 1. The van der Waals surface area contributed by atoms with Crippen molar-refractivity contribution >= 4 is 23.3 Å². The number of hydrogen-bond acceptors (Lipinski definition) is 2. The van der Waals surface area contributed by atoms with E-state index < -0.39 is 0 Å². The Balaban J connectivity index is 1.24. The molecular formula is C36H43ClN3O-. The van der Waals surface area contributed by atoms with E-state index in [4.69, 9.17) is 21.9 Å². The van der Waals surface area contributed by atoms with Crippen LogP contribution in [0.15, 0.2) is 83.9 Å². The van der Waals surface area contributed by atoms with Crippen LogP contribution in [0.5, 0.6) is 0 Å². The molecule has 216 valence electrons. The number of piperidine rings is 1. The predicted octanol–water partition coefficient (Wildman–Crippen LogP) is 8.49. The lowest BCUT2D eigenvalue weighted by Gasteiger charge is -2.52. The zero-order valence-corrected chi connectivity index (χ0v) is 25.4. The molecule has 1 unspecified atom stereocenters. The van der Waals surface area contributed by atoms with Gasteiger partial charge in [0.15, 0.2) is 0 Å². The third-order valence-corrected chi connectivity index (χ3v) is 9.36. The van der Waals surface area contributed by atoms with Gasteiger partial charge in [0.1, 0.15) is 0 Å². The van der Waals surface area contributed by atoms with Crippen LogP contribution < -0.4 is 0 Å². The fourth-order valence-electron chi connectivity index (χ4n) is 6.38. The first-order chi connectivity index (χ1) is 19.9. The van der Waals surface area contributed by atoms with Crippen LogP contribution in [-0.4, -0.2) is 41.8 Å². The van der Waals surface area contributed by atoms with E-state index in [-0.39, 0.29) is 16.9 Å². The molecule has 0 aliphatic carbocycles. The highest BCUT2D eigenvalue weighted by molar-refractivity contribution is 6.30. The monoisotopic (exact) mass is 568 g/mol. The van der Waals surface area contributed by atoms with Gasteiger partial charge in [0.25, 0.3) is 0 Å². The third-order valence-electron chi connectivity index (χ3n) is 9.10. The maximum atomic E-state index is 13.2. The van der Waals surface area contributed by atoms with E-state index in [0.717, 1.165) is 81.9 Å². The van der Waals surface area contributed by atoms with Crippen molar-refractivity contribution in [1.82, 2.24) is 4.90 Å². The molecule has 1 atom stereocenters. The summed E-state index contributed by atoms with van der Waals surface area (Å²) in [4.78, 5) is 20.7. The molecule has 0 N–H and O–H groups in total. The van der Waals surface area contributed by atoms with Gasteiger partial charge in [-0.2, -0.15) is 0 Å². The number of unbranched alkanes of at least 4 members (excludes halogenated alkanes) is 1. The number of rotatable bonds is 10. The largest absolute Gasteiger partial charge is 0.468 e. The Morgan fingerprint density at radius 3 is 2.24 bits per heavy atom. The molecule has 2 heterocycles. The van der Waals surface area contributed by atoms with Gasteiger partial charge in [-0.25, -0.2) is 0 Å². The number of halogens is 1. The van der Waals surface area contributed by atoms with Crippen LogP contribution in [0.25, 0.3) is 5.32 Å². The van der Waals surface area contributed by atoms with E-state index in [2.05, 4.69) is 85.5 Å². The highest BCUT2D eigenvalue weighted by Gasteiger charge is 2.39. The average molecular weight is 569 g/mol. The number of benzene rings is 3. The number of amidine groups is 1. The Morgan fingerprint density at radius 1 is 0.878 bits per heavy atom. The maximum absolute atomic E-state index is 13.2. The summed E-state index contributed by atoms with van der Waals surface area (Å²) in [5, 5.41) is 5.86. The minimum absolute atomic E-state index is 0.0974. The van der Waals surface area contributed by atoms with Crippen LogP contribution in [-0.2, 0) is 23.1 Å². The molecule has 1 fully saturated rings. The second-order valence-corrected chi connectivity index (χ2v) is 12.6. The molecule has 5 rings (SSSR count). The number of carbonyl (C=O) groups excluding carboxylic acids is 1. The highest BCUT2D eigenvalue weighted by atomic mass is 35.5. The molecule has 0 saturated carbocycles. The Morgan fingerprint density at radius 2 is 1.54 bits per heavy atom. The van der Waals surface area contributed by atoms with E-state index in [0.29, 0.717) is 6.42 Å². The fourth-order valence-corrected chi connectivity index (χ4v) is 6.50. The van der Waals surface area contributed by atoms with Crippen LogP contribution in [0.4, 0.5) is 0 Å². The summed E-state index contributed by atoms with van der Waals surface area (Å²) in [6.07, 6.45) is 8.47. The molecule has 2 aliphatic rings. The smallest absolute Gasteiger partial charge is 0.222 e. The second kappa shape index (κ2) is 13.2. The van der Waals surface area contributed by atoms with Gasteiger partial charge in [-0.3, -0.25) is 4.79 Å². The summed E-state index contributed by atoms with van der Waals surface area (Å²) in [6, 6.07) is 27.5. The van der Waals surface area contributed by atoms with Gasteiger partial charge >= 0.3 is 0 Å². The molecule has 0 bridgehead atoms. The molecule has 2 aliphatic heterocycles. The molecule has 5 heteroatoms. The van der Waals surface area contributed by atoms with Gasteiger partial charge in [-0.1, -0.05) is 110 Å². The molecule has 0 spiro atoms. The van der Waals surface area contributed by atoms with Crippen molar-refractivity contribution < 1.29 is 4.79 Å². The molecule has 41 heavy (non-hydrogen) atoms. The number of hydrogen-bond donors (Lipinski definition) is 0. The molecule has 3 aromatic carbocycles. The summed E-state index contributed by atoms with van der Waals surface area (Å²) >= 11 is 6.05. The summed E-state index contributed by atoms with van der Waals surface area (Å²) < 4.78 is 0. The van der Waals surface area contributed by atoms with Crippen LogP contribution in [0.2, 0.25) is 5.02 Å². The van der Waals surface area contributed by atoms with Crippen LogP contribution in [0.3, 0.4) is 0 Å². The molecule has 1 amide bonds. The number of nitrogens with zero attached hydrogens (tertiary/aromatic N) is 3. The summed E-state index contributed by atoms with van der Waals surface area (Å²) in [5.74, 6) is 1.25. The van der Waals surface area contributed by atoms with Crippen molar-refractivity contribution in [2.75, 3.05) is 19.6 Å². The Labute approximate surface area is 251 Å². The molecular weight excluding hydrogens is 526 g/mol. The van der Waals surface area contributed by atoms with Gasteiger partial charge in [0.2, 0.25) is 5.91 Å². The first-order valence-corrected chi connectivity index (χ1v) is 15.6. The molecule has 1 saturated heterocycles. The molecule has 0 radical (unpaired) electrons. The first kappa shape index (κ1) is 29.4. The lowest BCUT2D eigenvalue weighted by atomic mass is 9.70. The van der Waals surface area contributed by atoms with Crippen molar-refractivity contribution in [1.29, 1.82) is 0 Å². The van der Waals surface area contributed by atoms with Crippen molar-refractivity contribution in [3.8, 4) is 0 Å². The molecule has 0 aromatic heterocycles. The quantitative estimate of drug-likeness (QED) is 0.226. The van der Waals surface area contributed by atoms with Crippen LogP contribution >= 0.6 is 11.6 Å². The summed E-state index contributed by atoms with van der Waals surface area (Å²) in [6.45, 7) is 6.71. The third kappa shape index (κ3) is 7.40. The Kier molecular flexibility index (Phi) is 9.49. The van der Waals surface area contributed by atoms with Crippen molar-refractivity contribution in [2.45, 2.75) is 82.6 Å².